The highest BCUT2D eigenvalue weighted by Gasteiger charge is 2.31. The van der Waals surface area contributed by atoms with Gasteiger partial charge in [-0.2, -0.15) is 5.10 Å². The van der Waals surface area contributed by atoms with Crippen LogP contribution in [-0.2, 0) is 4.79 Å². The molecule has 1 aliphatic rings. The maximum Gasteiger partial charge on any atom is 0.240 e. The Morgan fingerprint density at radius 2 is 2.18 bits per heavy atom. The number of fused-ring (bicyclic) bond motifs is 3. The van der Waals surface area contributed by atoms with E-state index in [4.69, 9.17) is 10.7 Å². The van der Waals surface area contributed by atoms with E-state index in [1.165, 1.54) is 0 Å². The third-order valence-electron chi connectivity index (χ3n) is 4.26. The fourth-order valence-electron chi connectivity index (χ4n) is 3.29. The third-order valence-corrected chi connectivity index (χ3v) is 4.26. The van der Waals surface area contributed by atoms with E-state index in [1.807, 2.05) is 46.7 Å². The largest absolute Gasteiger partial charge is 0.368 e. The zero-order valence-electron chi connectivity index (χ0n) is 12.4. The number of para-hydroxylation sites is 1. The lowest BCUT2D eigenvalue weighted by molar-refractivity contribution is -0.119. The van der Waals surface area contributed by atoms with Crippen LogP contribution in [0.1, 0.15) is 18.5 Å². The number of anilines is 1. The summed E-state index contributed by atoms with van der Waals surface area (Å²) in [5.74, 6) is 0.539. The Labute approximate surface area is 127 Å². The lowest BCUT2D eigenvalue weighted by Crippen LogP contribution is -2.40. The molecule has 6 heteroatoms. The summed E-state index contributed by atoms with van der Waals surface area (Å²) in [7, 11) is 0. The summed E-state index contributed by atoms with van der Waals surface area (Å²) in [6, 6.07) is 9.68. The van der Waals surface area contributed by atoms with Crippen LogP contribution < -0.4 is 10.6 Å². The van der Waals surface area contributed by atoms with Crippen molar-refractivity contribution in [1.29, 1.82) is 0 Å². The highest BCUT2D eigenvalue weighted by atomic mass is 16.1. The second-order valence-corrected chi connectivity index (χ2v) is 5.76. The molecule has 0 radical (unpaired) electrons. The van der Waals surface area contributed by atoms with Gasteiger partial charge < -0.3 is 10.6 Å². The van der Waals surface area contributed by atoms with Crippen molar-refractivity contribution in [3.8, 4) is 0 Å². The molecule has 0 saturated carbocycles. The summed E-state index contributed by atoms with van der Waals surface area (Å²) >= 11 is 0. The van der Waals surface area contributed by atoms with E-state index in [0.717, 1.165) is 47.4 Å². The van der Waals surface area contributed by atoms with Crippen molar-refractivity contribution in [3.05, 3.63) is 36.0 Å². The van der Waals surface area contributed by atoms with Gasteiger partial charge in [-0.05, 0) is 31.9 Å². The van der Waals surface area contributed by atoms with Crippen LogP contribution in [0, 0.1) is 6.92 Å². The number of rotatable bonds is 2. The zero-order valence-corrected chi connectivity index (χ0v) is 12.4. The molecule has 1 aromatic carbocycles. The van der Waals surface area contributed by atoms with Crippen LogP contribution in [0.15, 0.2) is 30.3 Å². The van der Waals surface area contributed by atoms with Gasteiger partial charge >= 0.3 is 0 Å². The van der Waals surface area contributed by atoms with Crippen LogP contribution in [0.3, 0.4) is 0 Å². The Hall–Kier alpha value is -2.63. The van der Waals surface area contributed by atoms with Crippen LogP contribution >= 0.6 is 0 Å². The second kappa shape index (κ2) is 4.69. The molecule has 6 nitrogen and oxygen atoms in total. The van der Waals surface area contributed by atoms with Gasteiger partial charge in [0.25, 0.3) is 0 Å². The summed E-state index contributed by atoms with van der Waals surface area (Å²) in [6.45, 7) is 2.75. The van der Waals surface area contributed by atoms with Crippen LogP contribution in [0.4, 0.5) is 5.82 Å². The van der Waals surface area contributed by atoms with E-state index in [1.54, 1.807) is 0 Å². The van der Waals surface area contributed by atoms with Crippen molar-refractivity contribution in [2.75, 3.05) is 11.4 Å². The van der Waals surface area contributed by atoms with Crippen molar-refractivity contribution in [2.24, 2.45) is 5.73 Å². The predicted octanol–water partition coefficient (Wildman–Crippen LogP) is 1.65. The van der Waals surface area contributed by atoms with Gasteiger partial charge in [-0.25, -0.2) is 9.50 Å². The average Bonchev–Trinajstić information content (AvgIpc) is 3.11. The SMILES string of the molecule is Cc1cc2nc(N3CCCC3C(N)=O)c3ccccc3n2n1. The lowest BCUT2D eigenvalue weighted by Gasteiger charge is -2.24. The summed E-state index contributed by atoms with van der Waals surface area (Å²) in [6.07, 6.45) is 1.74. The molecule has 22 heavy (non-hydrogen) atoms. The Morgan fingerprint density at radius 3 is 3.00 bits per heavy atom. The minimum absolute atomic E-state index is 0.276. The molecule has 4 rings (SSSR count). The number of hydrogen-bond donors (Lipinski definition) is 1. The monoisotopic (exact) mass is 295 g/mol. The summed E-state index contributed by atoms with van der Waals surface area (Å²) in [5, 5.41) is 5.50. The average molecular weight is 295 g/mol. The molecular weight excluding hydrogens is 278 g/mol. The third kappa shape index (κ3) is 1.83. The first-order valence-electron chi connectivity index (χ1n) is 7.46. The number of aromatic nitrogens is 3. The Morgan fingerprint density at radius 1 is 1.36 bits per heavy atom. The van der Waals surface area contributed by atoms with Gasteiger partial charge in [0.2, 0.25) is 5.91 Å². The maximum absolute atomic E-state index is 11.7. The molecule has 112 valence electrons. The summed E-state index contributed by atoms with van der Waals surface area (Å²) < 4.78 is 1.85. The molecule has 2 aromatic heterocycles. The van der Waals surface area contributed by atoms with Crippen molar-refractivity contribution < 1.29 is 4.79 Å². The van der Waals surface area contributed by atoms with Gasteiger partial charge in [-0.15, -0.1) is 0 Å². The Bertz CT molecular complexity index is 885. The van der Waals surface area contributed by atoms with Crippen LogP contribution in [0.5, 0.6) is 0 Å². The van der Waals surface area contributed by atoms with Crippen molar-refractivity contribution in [2.45, 2.75) is 25.8 Å². The predicted molar refractivity (Wildman–Crippen MR) is 84.8 cm³/mol. The number of carbonyl (C=O) groups is 1. The quantitative estimate of drug-likeness (QED) is 0.780. The second-order valence-electron chi connectivity index (χ2n) is 5.76. The van der Waals surface area contributed by atoms with Gasteiger partial charge in [0.1, 0.15) is 11.9 Å². The van der Waals surface area contributed by atoms with E-state index < -0.39 is 0 Å². The molecule has 3 heterocycles. The smallest absolute Gasteiger partial charge is 0.240 e. The van der Waals surface area contributed by atoms with Crippen LogP contribution in [0.2, 0.25) is 0 Å². The highest BCUT2D eigenvalue weighted by molar-refractivity contribution is 5.94. The zero-order chi connectivity index (χ0) is 15.3. The Balaban J connectivity index is 2.01. The van der Waals surface area contributed by atoms with E-state index in [9.17, 15) is 4.79 Å². The molecule has 1 saturated heterocycles. The number of benzene rings is 1. The first-order valence-corrected chi connectivity index (χ1v) is 7.46. The van der Waals surface area contributed by atoms with Gasteiger partial charge in [-0.3, -0.25) is 4.79 Å². The molecule has 0 spiro atoms. The molecule has 1 fully saturated rings. The van der Waals surface area contributed by atoms with Gasteiger partial charge in [0.15, 0.2) is 5.65 Å². The fraction of sp³-hybridized carbons (Fsp3) is 0.312. The molecule has 1 amide bonds. The van der Waals surface area contributed by atoms with E-state index in [0.29, 0.717) is 0 Å². The van der Waals surface area contributed by atoms with Crippen molar-refractivity contribution in [1.82, 2.24) is 14.6 Å². The minimum Gasteiger partial charge on any atom is -0.368 e. The normalized spacial score (nSPS) is 18.4. The number of nitrogens with two attached hydrogens (primary N) is 1. The molecular formula is C16H17N5O. The number of amides is 1. The van der Waals surface area contributed by atoms with Crippen LogP contribution in [-0.4, -0.2) is 33.1 Å². The van der Waals surface area contributed by atoms with E-state index in [-0.39, 0.29) is 11.9 Å². The van der Waals surface area contributed by atoms with Crippen molar-refractivity contribution >= 4 is 28.3 Å². The Kier molecular flexibility index (Phi) is 2.79. The number of carbonyl (C=O) groups excluding carboxylic acids is 1. The molecule has 0 bridgehead atoms. The first-order chi connectivity index (χ1) is 10.6. The maximum atomic E-state index is 11.7. The van der Waals surface area contributed by atoms with Crippen LogP contribution in [0.25, 0.3) is 16.6 Å². The van der Waals surface area contributed by atoms with Gasteiger partial charge in [-0.1, -0.05) is 12.1 Å². The number of aryl methyl sites for hydroxylation is 1. The highest BCUT2D eigenvalue weighted by Crippen LogP contribution is 2.31. The molecule has 1 atom stereocenters. The molecule has 1 aliphatic heterocycles. The number of hydrogen-bond acceptors (Lipinski definition) is 4. The van der Waals surface area contributed by atoms with Gasteiger partial charge in [0.05, 0.1) is 11.2 Å². The van der Waals surface area contributed by atoms with E-state index >= 15 is 0 Å². The molecule has 1 unspecified atom stereocenters. The molecule has 0 aliphatic carbocycles. The molecule has 3 aromatic rings. The summed E-state index contributed by atoms with van der Waals surface area (Å²) in [5.41, 5.74) is 8.26. The van der Waals surface area contributed by atoms with Gasteiger partial charge in [0, 0.05) is 18.0 Å². The standard InChI is InChI=1S/C16H17N5O/c1-10-9-14-18-16(20-8-4-7-13(20)15(17)22)11-5-2-3-6-12(11)21(14)19-10/h2-3,5-6,9,13H,4,7-8H2,1H3,(H2,17,22). The van der Waals surface area contributed by atoms with E-state index in [2.05, 4.69) is 5.10 Å². The lowest BCUT2D eigenvalue weighted by atomic mass is 10.2. The first kappa shape index (κ1) is 13.1. The number of nitrogens with zero attached hydrogens (tertiary/aromatic N) is 4. The summed E-state index contributed by atoms with van der Waals surface area (Å²) in [4.78, 5) is 18.5. The molecule has 2 N–H and O–H groups in total. The fourth-order valence-corrected chi connectivity index (χ4v) is 3.29. The minimum atomic E-state index is -0.284. The topological polar surface area (TPSA) is 76.5 Å². The number of primary amides is 1. The van der Waals surface area contributed by atoms with Crippen molar-refractivity contribution in [3.63, 3.8) is 0 Å².